The highest BCUT2D eigenvalue weighted by molar-refractivity contribution is 6.01. The Morgan fingerprint density at radius 2 is 1.64 bits per heavy atom. The van der Waals surface area contributed by atoms with Crippen LogP contribution in [0.3, 0.4) is 0 Å². The third-order valence-corrected chi connectivity index (χ3v) is 3.02. The summed E-state index contributed by atoms with van der Waals surface area (Å²) >= 11 is 0. The van der Waals surface area contributed by atoms with Gasteiger partial charge in [0.25, 0.3) is 11.8 Å². The van der Waals surface area contributed by atoms with E-state index in [1.165, 1.54) is 0 Å². The Labute approximate surface area is 143 Å². The van der Waals surface area contributed by atoms with Gasteiger partial charge in [0.1, 0.15) is 0 Å². The van der Waals surface area contributed by atoms with Crippen molar-refractivity contribution >= 4 is 29.7 Å². The van der Waals surface area contributed by atoms with Gasteiger partial charge >= 0.3 is 17.9 Å². The predicted octanol–water partition coefficient (Wildman–Crippen LogP) is -0.524. The van der Waals surface area contributed by atoms with Crippen molar-refractivity contribution in [3.8, 4) is 0 Å². The number of esters is 2. The fourth-order valence-corrected chi connectivity index (χ4v) is 1.68. The molecule has 1 N–H and O–H groups in total. The summed E-state index contributed by atoms with van der Waals surface area (Å²) in [5.74, 6) is -4.44. The number of carbonyl (C=O) groups excluding carboxylic acids is 5. The molecular formula is C15H21NO9. The van der Waals surface area contributed by atoms with Crippen molar-refractivity contribution in [3.63, 3.8) is 0 Å². The zero-order valence-electron chi connectivity index (χ0n) is 14.2. The molecule has 0 unspecified atom stereocenters. The van der Waals surface area contributed by atoms with E-state index >= 15 is 0 Å². The quantitative estimate of drug-likeness (QED) is 0.448. The average molecular weight is 359 g/mol. The zero-order valence-corrected chi connectivity index (χ0v) is 14.2. The molecule has 0 saturated carbocycles. The molecule has 10 heteroatoms. The van der Waals surface area contributed by atoms with E-state index in [2.05, 4.69) is 9.57 Å². The lowest BCUT2D eigenvalue weighted by Crippen LogP contribution is -2.39. The minimum Gasteiger partial charge on any atom is -0.465 e. The molecule has 0 aliphatic carbocycles. The van der Waals surface area contributed by atoms with E-state index in [1.807, 2.05) is 13.8 Å². The number of aliphatic hydroxyl groups excluding tert-OH is 1. The summed E-state index contributed by atoms with van der Waals surface area (Å²) in [7, 11) is 0. The first-order valence-electron chi connectivity index (χ1n) is 7.73. The van der Waals surface area contributed by atoms with Crippen LogP contribution in [0.5, 0.6) is 0 Å². The smallest absolute Gasteiger partial charge is 0.373 e. The molecule has 0 bridgehead atoms. The lowest BCUT2D eigenvalue weighted by Gasteiger charge is -2.18. The largest absolute Gasteiger partial charge is 0.465 e. The summed E-state index contributed by atoms with van der Waals surface area (Å²) in [5.41, 5.74) is 0. The molecule has 1 heterocycles. The molecule has 0 aromatic rings. The second-order valence-electron chi connectivity index (χ2n) is 5.87. The van der Waals surface area contributed by atoms with Crippen LogP contribution in [0.15, 0.2) is 0 Å². The third-order valence-electron chi connectivity index (χ3n) is 3.02. The van der Waals surface area contributed by atoms with Crippen molar-refractivity contribution in [2.75, 3.05) is 6.61 Å². The number of rotatable bonds is 8. The zero-order chi connectivity index (χ0) is 19.1. The van der Waals surface area contributed by atoms with Gasteiger partial charge in [-0.25, -0.2) is 9.59 Å². The van der Waals surface area contributed by atoms with Crippen LogP contribution < -0.4 is 0 Å². The fourth-order valence-electron chi connectivity index (χ4n) is 1.68. The third kappa shape index (κ3) is 6.49. The maximum Gasteiger partial charge on any atom is 0.373 e. The Kier molecular flexibility index (Phi) is 7.49. The van der Waals surface area contributed by atoms with Gasteiger partial charge in [0, 0.05) is 12.8 Å². The monoisotopic (exact) mass is 359 g/mol. The molecule has 1 fully saturated rings. The van der Waals surface area contributed by atoms with Gasteiger partial charge in [0.2, 0.25) is 0 Å². The number of carbonyl (C=O) groups is 5. The Balaban J connectivity index is 2.44. The topological polar surface area (TPSA) is 137 Å². The van der Waals surface area contributed by atoms with Gasteiger partial charge in [0.05, 0.1) is 13.0 Å². The SMILES string of the molecule is CC(C)COC(=O)C[C@H](O)C(=O)O[C@@H](C)C(=O)ON1C(=O)CCC1=O. The van der Waals surface area contributed by atoms with Crippen LogP contribution in [0.2, 0.25) is 0 Å². The maximum atomic E-state index is 11.7. The maximum absolute atomic E-state index is 11.7. The summed E-state index contributed by atoms with van der Waals surface area (Å²) in [6.07, 6.45) is -4.08. The summed E-state index contributed by atoms with van der Waals surface area (Å²) in [4.78, 5) is 62.0. The van der Waals surface area contributed by atoms with Gasteiger partial charge in [-0.2, -0.15) is 0 Å². The van der Waals surface area contributed by atoms with Crippen molar-refractivity contribution in [1.29, 1.82) is 0 Å². The van der Waals surface area contributed by atoms with Crippen molar-refractivity contribution in [1.82, 2.24) is 5.06 Å². The number of aliphatic hydroxyl groups is 1. The molecule has 0 aromatic carbocycles. The van der Waals surface area contributed by atoms with Crippen molar-refractivity contribution in [2.24, 2.45) is 5.92 Å². The van der Waals surface area contributed by atoms with Crippen LogP contribution in [0.4, 0.5) is 0 Å². The van der Waals surface area contributed by atoms with Gasteiger partial charge in [-0.1, -0.05) is 13.8 Å². The van der Waals surface area contributed by atoms with Crippen LogP contribution >= 0.6 is 0 Å². The van der Waals surface area contributed by atoms with E-state index in [9.17, 15) is 29.1 Å². The molecule has 2 amide bonds. The molecule has 1 rings (SSSR count). The van der Waals surface area contributed by atoms with E-state index in [0.29, 0.717) is 5.06 Å². The molecule has 140 valence electrons. The number of hydrogen-bond donors (Lipinski definition) is 1. The number of amides is 2. The van der Waals surface area contributed by atoms with Crippen molar-refractivity contribution in [2.45, 2.75) is 52.2 Å². The summed E-state index contributed by atoms with van der Waals surface area (Å²) in [6.45, 7) is 4.92. The van der Waals surface area contributed by atoms with Gasteiger partial charge in [-0.15, -0.1) is 5.06 Å². The highest BCUT2D eigenvalue weighted by atomic mass is 16.7. The molecule has 2 atom stereocenters. The molecule has 25 heavy (non-hydrogen) atoms. The second-order valence-corrected chi connectivity index (χ2v) is 5.87. The minimum absolute atomic E-state index is 0.0719. The summed E-state index contributed by atoms with van der Waals surface area (Å²) < 4.78 is 9.47. The fraction of sp³-hybridized carbons (Fsp3) is 0.667. The molecule has 0 spiro atoms. The number of hydroxylamine groups is 2. The average Bonchev–Trinajstić information content (AvgIpc) is 2.84. The van der Waals surface area contributed by atoms with Gasteiger partial charge in [-0.3, -0.25) is 14.4 Å². The van der Waals surface area contributed by atoms with Gasteiger partial charge < -0.3 is 19.4 Å². The first-order valence-corrected chi connectivity index (χ1v) is 7.73. The van der Waals surface area contributed by atoms with E-state index < -0.39 is 48.4 Å². The lowest BCUT2D eigenvalue weighted by molar-refractivity contribution is -0.206. The van der Waals surface area contributed by atoms with E-state index in [4.69, 9.17) is 4.74 Å². The van der Waals surface area contributed by atoms with E-state index in [-0.39, 0.29) is 25.4 Å². The molecule has 1 aliphatic heterocycles. The highest BCUT2D eigenvalue weighted by Gasteiger charge is 2.35. The van der Waals surface area contributed by atoms with Crippen LogP contribution in [0, 0.1) is 5.92 Å². The Morgan fingerprint density at radius 1 is 1.08 bits per heavy atom. The predicted molar refractivity (Wildman–Crippen MR) is 79.2 cm³/mol. The van der Waals surface area contributed by atoms with Crippen LogP contribution in [-0.2, 0) is 38.3 Å². The normalized spacial score (nSPS) is 16.6. The highest BCUT2D eigenvalue weighted by Crippen LogP contribution is 2.13. The number of nitrogens with zero attached hydrogens (tertiary/aromatic N) is 1. The van der Waals surface area contributed by atoms with Crippen LogP contribution in [-0.4, -0.2) is 58.7 Å². The summed E-state index contributed by atoms with van der Waals surface area (Å²) in [6, 6.07) is 0. The molecule has 0 radical (unpaired) electrons. The summed E-state index contributed by atoms with van der Waals surface area (Å²) in [5, 5.41) is 9.92. The Morgan fingerprint density at radius 3 is 2.16 bits per heavy atom. The second kappa shape index (κ2) is 9.11. The molecule has 1 saturated heterocycles. The molecular weight excluding hydrogens is 338 g/mol. The lowest BCUT2D eigenvalue weighted by atomic mass is 10.2. The molecule has 10 nitrogen and oxygen atoms in total. The molecule has 0 aromatic heterocycles. The first-order chi connectivity index (χ1) is 11.6. The van der Waals surface area contributed by atoms with E-state index in [0.717, 1.165) is 6.92 Å². The van der Waals surface area contributed by atoms with Crippen molar-refractivity contribution < 1.29 is 43.4 Å². The Hall–Kier alpha value is -2.49. The van der Waals surface area contributed by atoms with Gasteiger partial charge in [0.15, 0.2) is 12.2 Å². The number of hydrogen-bond acceptors (Lipinski definition) is 9. The number of imide groups is 1. The van der Waals surface area contributed by atoms with E-state index in [1.54, 1.807) is 0 Å². The molecule has 1 aliphatic rings. The minimum atomic E-state index is -1.81. The van der Waals surface area contributed by atoms with Crippen molar-refractivity contribution in [3.05, 3.63) is 0 Å². The van der Waals surface area contributed by atoms with Gasteiger partial charge in [-0.05, 0) is 12.8 Å². The standard InChI is InChI=1S/C15H21NO9/c1-8(2)7-23-13(20)6-10(17)15(22)24-9(3)14(21)25-16-11(18)4-5-12(16)19/h8-10,17H,4-7H2,1-3H3/t9-,10-/m0/s1. The van der Waals surface area contributed by atoms with Crippen LogP contribution in [0.1, 0.15) is 40.0 Å². The van der Waals surface area contributed by atoms with Crippen LogP contribution in [0.25, 0.3) is 0 Å². The first kappa shape index (κ1) is 20.6. The Bertz CT molecular complexity index is 541. The number of ether oxygens (including phenoxy) is 2.